The first-order valence-corrected chi connectivity index (χ1v) is 10.8. The average molecular weight is 437 g/mol. The van der Waals surface area contributed by atoms with Crippen LogP contribution in [0.25, 0.3) is 10.9 Å². The number of aromatic nitrogens is 2. The van der Waals surface area contributed by atoms with Gasteiger partial charge in [-0.1, -0.05) is 23.2 Å². The molecule has 0 saturated carbocycles. The summed E-state index contributed by atoms with van der Waals surface area (Å²) in [5, 5.41) is 1.22. The maximum atomic E-state index is 13.2. The summed E-state index contributed by atoms with van der Waals surface area (Å²) in [5.74, 6) is 0.811. The van der Waals surface area contributed by atoms with E-state index in [9.17, 15) is 9.59 Å². The fourth-order valence-electron chi connectivity index (χ4n) is 4.88. The highest BCUT2D eigenvalue weighted by Gasteiger charge is 2.41. The van der Waals surface area contributed by atoms with Gasteiger partial charge in [-0.25, -0.2) is 9.78 Å². The highest BCUT2D eigenvalue weighted by atomic mass is 35.5. The van der Waals surface area contributed by atoms with Crippen LogP contribution >= 0.6 is 23.2 Å². The van der Waals surface area contributed by atoms with E-state index in [-0.39, 0.29) is 23.6 Å². The zero-order valence-corrected chi connectivity index (χ0v) is 17.5. The molecule has 3 aliphatic heterocycles. The molecule has 2 saturated heterocycles. The van der Waals surface area contributed by atoms with Gasteiger partial charge in [-0.2, -0.15) is 0 Å². The molecule has 3 aliphatic rings. The average Bonchev–Trinajstić information content (AvgIpc) is 2.75. The second kappa shape index (κ2) is 7.45. The van der Waals surface area contributed by atoms with E-state index in [2.05, 4.69) is 0 Å². The van der Waals surface area contributed by atoms with Crippen molar-refractivity contribution in [3.8, 4) is 0 Å². The Kier molecular flexibility index (Phi) is 4.92. The predicted molar refractivity (Wildman–Crippen MR) is 111 cm³/mol. The third-order valence-corrected chi connectivity index (χ3v) is 7.03. The minimum absolute atomic E-state index is 0.0500. The third-order valence-electron chi connectivity index (χ3n) is 6.31. The van der Waals surface area contributed by atoms with Crippen LogP contribution in [-0.2, 0) is 11.3 Å². The minimum atomic E-state index is -0.0846. The van der Waals surface area contributed by atoms with E-state index in [4.69, 9.17) is 32.9 Å². The number of carbonyl (C=O) groups excluding carboxylic acids is 1. The Morgan fingerprint density at radius 3 is 2.62 bits per heavy atom. The number of halogens is 2. The highest BCUT2D eigenvalue weighted by molar-refractivity contribution is 6.42. The van der Waals surface area contributed by atoms with Crippen molar-refractivity contribution in [2.24, 2.45) is 0 Å². The van der Waals surface area contributed by atoms with Crippen molar-refractivity contribution in [2.45, 2.75) is 37.8 Å². The smallest absolute Gasteiger partial charge is 0.320 e. The molecular weight excluding hydrogens is 415 g/mol. The normalized spacial score (nSPS) is 24.3. The summed E-state index contributed by atoms with van der Waals surface area (Å²) in [5.41, 5.74) is 0.478. The summed E-state index contributed by atoms with van der Waals surface area (Å²) in [6.45, 7) is 3.73. The number of rotatable bonds is 0. The quantitative estimate of drug-likeness (QED) is 0.636. The topological polar surface area (TPSA) is 67.7 Å². The summed E-state index contributed by atoms with van der Waals surface area (Å²) in [6, 6.07) is 3.40. The van der Waals surface area contributed by atoms with E-state index >= 15 is 0 Å². The molecule has 7 nitrogen and oxygen atoms in total. The Labute approximate surface area is 178 Å². The lowest BCUT2D eigenvalue weighted by Crippen LogP contribution is -2.57. The third kappa shape index (κ3) is 3.20. The SMILES string of the molecule is O=C(N1CCOCC1)N1CCC[C@@H]2c3nc4cc(Cl)c(Cl)cc4c(=O)n3CC[C@H]21. The van der Waals surface area contributed by atoms with Crippen LogP contribution in [0.2, 0.25) is 10.0 Å². The first kappa shape index (κ1) is 19.2. The van der Waals surface area contributed by atoms with Crippen LogP contribution in [0.1, 0.15) is 31.0 Å². The maximum absolute atomic E-state index is 13.2. The van der Waals surface area contributed by atoms with Crippen molar-refractivity contribution in [2.75, 3.05) is 32.8 Å². The first-order chi connectivity index (χ1) is 14.0. The molecule has 0 N–H and O–H groups in total. The molecule has 2 amide bonds. The summed E-state index contributed by atoms with van der Waals surface area (Å²) in [7, 11) is 0. The number of carbonyl (C=O) groups is 1. The molecule has 4 heterocycles. The Morgan fingerprint density at radius 2 is 1.83 bits per heavy atom. The van der Waals surface area contributed by atoms with E-state index in [1.807, 2.05) is 9.80 Å². The van der Waals surface area contributed by atoms with Gasteiger partial charge in [0.2, 0.25) is 0 Å². The number of morpholine rings is 1. The zero-order chi connectivity index (χ0) is 20.1. The summed E-state index contributed by atoms with van der Waals surface area (Å²) < 4.78 is 7.14. The summed E-state index contributed by atoms with van der Waals surface area (Å²) >= 11 is 12.3. The van der Waals surface area contributed by atoms with E-state index in [0.717, 1.165) is 31.6 Å². The molecule has 0 aliphatic carbocycles. The van der Waals surface area contributed by atoms with Crippen LogP contribution in [0.5, 0.6) is 0 Å². The van der Waals surface area contributed by atoms with Crippen molar-refractivity contribution in [1.29, 1.82) is 0 Å². The number of hydrogen-bond donors (Lipinski definition) is 0. The van der Waals surface area contributed by atoms with Crippen LogP contribution in [-0.4, -0.2) is 64.3 Å². The number of fused-ring (bicyclic) bond motifs is 4. The molecule has 0 radical (unpaired) electrons. The van der Waals surface area contributed by atoms with E-state index in [1.54, 1.807) is 16.7 Å². The van der Waals surface area contributed by atoms with Crippen LogP contribution in [0.4, 0.5) is 4.79 Å². The second-order valence-corrected chi connectivity index (χ2v) is 8.70. The molecule has 5 rings (SSSR count). The Bertz CT molecular complexity index is 1030. The number of amides is 2. The fraction of sp³-hybridized carbons (Fsp3) is 0.550. The Hall–Kier alpha value is -1.83. The molecule has 2 atom stereocenters. The number of piperidine rings is 1. The lowest BCUT2D eigenvalue weighted by atomic mass is 9.84. The molecule has 2 fully saturated rings. The number of ether oxygens (including phenoxy) is 1. The Morgan fingerprint density at radius 1 is 1.07 bits per heavy atom. The minimum Gasteiger partial charge on any atom is -0.378 e. The van der Waals surface area contributed by atoms with Gasteiger partial charge >= 0.3 is 6.03 Å². The lowest BCUT2D eigenvalue weighted by Gasteiger charge is -2.46. The van der Waals surface area contributed by atoms with Gasteiger partial charge in [0, 0.05) is 38.1 Å². The maximum Gasteiger partial charge on any atom is 0.320 e. The van der Waals surface area contributed by atoms with Gasteiger partial charge in [-0.15, -0.1) is 0 Å². The van der Waals surface area contributed by atoms with Gasteiger partial charge in [0.1, 0.15) is 5.82 Å². The van der Waals surface area contributed by atoms with Gasteiger partial charge in [0.25, 0.3) is 5.56 Å². The second-order valence-electron chi connectivity index (χ2n) is 7.89. The van der Waals surface area contributed by atoms with E-state index in [0.29, 0.717) is 53.8 Å². The van der Waals surface area contributed by atoms with Gasteiger partial charge in [0.05, 0.1) is 34.2 Å². The van der Waals surface area contributed by atoms with Crippen molar-refractivity contribution >= 4 is 40.1 Å². The molecule has 2 aromatic rings. The molecule has 154 valence electrons. The zero-order valence-electron chi connectivity index (χ0n) is 15.9. The van der Waals surface area contributed by atoms with Crippen molar-refractivity contribution < 1.29 is 9.53 Å². The number of likely N-dealkylation sites (tertiary alicyclic amines) is 1. The van der Waals surface area contributed by atoms with Gasteiger partial charge in [-0.3, -0.25) is 9.36 Å². The van der Waals surface area contributed by atoms with Crippen LogP contribution in [0.15, 0.2) is 16.9 Å². The van der Waals surface area contributed by atoms with Crippen molar-refractivity contribution in [3.05, 3.63) is 38.4 Å². The predicted octanol–water partition coefficient (Wildman–Crippen LogP) is 3.11. The molecule has 1 aromatic carbocycles. The molecule has 9 heteroatoms. The van der Waals surface area contributed by atoms with Crippen LogP contribution < -0.4 is 5.56 Å². The first-order valence-electron chi connectivity index (χ1n) is 10.1. The van der Waals surface area contributed by atoms with Crippen molar-refractivity contribution in [1.82, 2.24) is 19.4 Å². The molecule has 0 bridgehead atoms. The van der Waals surface area contributed by atoms with E-state index < -0.39 is 0 Å². The fourth-order valence-corrected chi connectivity index (χ4v) is 5.20. The monoisotopic (exact) mass is 436 g/mol. The largest absolute Gasteiger partial charge is 0.378 e. The van der Waals surface area contributed by atoms with Crippen molar-refractivity contribution in [3.63, 3.8) is 0 Å². The highest BCUT2D eigenvalue weighted by Crippen LogP contribution is 2.38. The van der Waals surface area contributed by atoms with Crippen LogP contribution in [0, 0.1) is 0 Å². The molecule has 1 aromatic heterocycles. The van der Waals surface area contributed by atoms with Gasteiger partial charge in [0.15, 0.2) is 0 Å². The van der Waals surface area contributed by atoms with E-state index in [1.165, 1.54) is 0 Å². The summed E-state index contributed by atoms with van der Waals surface area (Å²) in [6.07, 6.45) is 2.56. The Balaban J connectivity index is 1.52. The molecule has 0 spiro atoms. The molecule has 29 heavy (non-hydrogen) atoms. The number of hydrogen-bond acceptors (Lipinski definition) is 4. The number of benzene rings is 1. The van der Waals surface area contributed by atoms with Gasteiger partial charge < -0.3 is 14.5 Å². The number of urea groups is 1. The molecular formula is C20H22Cl2N4O3. The number of nitrogens with zero attached hydrogens (tertiary/aromatic N) is 4. The van der Waals surface area contributed by atoms with Crippen LogP contribution in [0.3, 0.4) is 0 Å². The lowest BCUT2D eigenvalue weighted by molar-refractivity contribution is 0.0298. The standard InChI is InChI=1S/C20H22Cl2N4O3/c21-14-10-13-16(11-15(14)22)23-18-12-2-1-4-25(17(12)3-5-26(18)19(13)27)20(28)24-6-8-29-9-7-24/h10-12,17H,1-9H2/t12-,17+/m0/s1. The molecule has 0 unspecified atom stereocenters. The van der Waals surface area contributed by atoms with Gasteiger partial charge in [-0.05, 0) is 31.4 Å². The summed E-state index contributed by atoms with van der Waals surface area (Å²) in [4.78, 5) is 34.9.